The molecule has 1 aromatic rings. The van der Waals surface area contributed by atoms with Crippen molar-refractivity contribution in [2.24, 2.45) is 23.5 Å². The van der Waals surface area contributed by atoms with Crippen LogP contribution in [0, 0.1) is 17.8 Å². The number of likely N-dealkylation sites (N-methyl/N-ethyl adjacent to an activating group) is 1. The Morgan fingerprint density at radius 3 is 2.24 bits per heavy atom. The fourth-order valence-corrected chi connectivity index (χ4v) is 7.24. The Hall–Kier alpha value is -3.90. The average Bonchev–Trinajstić information content (AvgIpc) is 2.90. The minimum Gasteiger partial charge on any atom is -0.508 e. The number of carbonyl (C=O) groups is 4. The summed E-state index contributed by atoms with van der Waals surface area (Å²) in [6, 6.07) is 0.435. The standard InChI is InChI=1S/C30H38N4O8/c1-13-6-8-34(9-7-13)29(41)16-12-18(32(2)3)15-10-14-11-17-22(33(4)5)25(37)21(28(31)40)27(39)30(17,42)26(38)19(14)24(36)20(15)23(16)35/h12-14,17,22,35-36,39,42H,6-11H2,1-5H3,(H2,31,40)/t14-,17-,22-,30-/m0/s1. The minimum atomic E-state index is -2.72. The molecule has 1 aliphatic heterocycles. The first kappa shape index (κ1) is 29.6. The number of phenolic OH excluding ortho intramolecular Hbond substituents is 1. The maximum Gasteiger partial charge on any atom is 0.257 e. The number of aliphatic hydroxyl groups excluding tert-OH is 2. The van der Waals surface area contributed by atoms with Crippen LogP contribution in [0.5, 0.6) is 5.75 Å². The van der Waals surface area contributed by atoms with Gasteiger partial charge in [0.25, 0.3) is 11.8 Å². The van der Waals surface area contributed by atoms with Crippen molar-refractivity contribution in [1.29, 1.82) is 0 Å². The van der Waals surface area contributed by atoms with Crippen LogP contribution in [0.25, 0.3) is 5.76 Å². The molecule has 2 fully saturated rings. The van der Waals surface area contributed by atoms with Crippen molar-refractivity contribution in [1.82, 2.24) is 9.80 Å². The molecule has 12 heteroatoms. The van der Waals surface area contributed by atoms with Gasteiger partial charge in [-0.15, -0.1) is 0 Å². The van der Waals surface area contributed by atoms with E-state index in [2.05, 4.69) is 6.92 Å². The number of carbonyl (C=O) groups excluding carboxylic acids is 4. The van der Waals surface area contributed by atoms with Crippen molar-refractivity contribution < 1.29 is 39.6 Å². The van der Waals surface area contributed by atoms with Crippen molar-refractivity contribution in [3.8, 4) is 5.75 Å². The quantitative estimate of drug-likeness (QED) is 0.320. The normalized spacial score (nSPS) is 28.1. The lowest BCUT2D eigenvalue weighted by Gasteiger charge is -2.50. The highest BCUT2D eigenvalue weighted by atomic mass is 16.3. The number of phenols is 1. The molecule has 1 saturated heterocycles. The zero-order chi connectivity index (χ0) is 31.0. The van der Waals surface area contributed by atoms with Crippen LogP contribution in [0.4, 0.5) is 5.69 Å². The number of piperidine rings is 1. The van der Waals surface area contributed by atoms with Crippen molar-refractivity contribution in [3.05, 3.63) is 39.7 Å². The SMILES string of the molecule is CC1CCN(C(=O)c2cc(N(C)C)c3c(c2O)C(O)=C2C(=O)[C@]4(O)C(O)=C(C(N)=O)C(=O)[C@@H](N(C)C)[C@@H]4C[C@@H]2C3)CC1. The van der Waals surface area contributed by atoms with E-state index in [1.807, 2.05) is 0 Å². The van der Waals surface area contributed by atoms with Gasteiger partial charge in [0.05, 0.1) is 17.2 Å². The first-order valence-corrected chi connectivity index (χ1v) is 14.1. The number of aliphatic hydroxyl groups is 3. The van der Waals surface area contributed by atoms with Gasteiger partial charge in [-0.25, -0.2) is 0 Å². The van der Waals surface area contributed by atoms with Crippen molar-refractivity contribution in [3.63, 3.8) is 0 Å². The first-order chi connectivity index (χ1) is 19.6. The van der Waals surface area contributed by atoms with Gasteiger partial charge in [-0.2, -0.15) is 0 Å². The first-order valence-electron chi connectivity index (χ1n) is 14.1. The molecule has 6 N–H and O–H groups in total. The smallest absolute Gasteiger partial charge is 0.257 e. The van der Waals surface area contributed by atoms with E-state index in [1.54, 1.807) is 44.1 Å². The predicted molar refractivity (Wildman–Crippen MR) is 153 cm³/mol. The van der Waals surface area contributed by atoms with Gasteiger partial charge in [0.2, 0.25) is 5.78 Å². The number of ketones is 2. The Bertz CT molecular complexity index is 1470. The molecule has 4 atom stereocenters. The van der Waals surface area contributed by atoms with Gasteiger partial charge in [0.1, 0.15) is 22.8 Å². The Balaban J connectivity index is 1.70. The zero-order valence-electron chi connectivity index (χ0n) is 24.5. The van der Waals surface area contributed by atoms with E-state index in [-0.39, 0.29) is 29.5 Å². The second-order valence-corrected chi connectivity index (χ2v) is 12.5. The number of rotatable bonds is 4. The second-order valence-electron chi connectivity index (χ2n) is 12.5. The van der Waals surface area contributed by atoms with Crippen molar-refractivity contribution in [2.75, 3.05) is 46.2 Å². The highest BCUT2D eigenvalue weighted by molar-refractivity contribution is 6.24. The molecule has 0 spiro atoms. The summed E-state index contributed by atoms with van der Waals surface area (Å²) in [4.78, 5) is 58.0. The number of Topliss-reactive ketones (excluding diaryl/α,β-unsaturated/α-hetero) is 2. The maximum atomic E-state index is 14.1. The number of nitrogens with two attached hydrogens (primary N) is 1. The van der Waals surface area contributed by atoms with Gasteiger partial charge in [0.15, 0.2) is 11.4 Å². The molecular weight excluding hydrogens is 544 g/mol. The van der Waals surface area contributed by atoms with E-state index >= 15 is 0 Å². The second kappa shape index (κ2) is 10.1. The Kier molecular flexibility index (Phi) is 7.13. The summed E-state index contributed by atoms with van der Waals surface area (Å²) in [6.45, 7) is 3.16. The molecule has 3 aliphatic carbocycles. The molecule has 12 nitrogen and oxygen atoms in total. The number of benzene rings is 1. The van der Waals surface area contributed by atoms with E-state index in [4.69, 9.17) is 5.73 Å². The summed E-state index contributed by atoms with van der Waals surface area (Å²) in [7, 11) is 6.63. The third-order valence-electron chi connectivity index (χ3n) is 9.48. The van der Waals surface area contributed by atoms with E-state index in [9.17, 15) is 39.6 Å². The summed E-state index contributed by atoms with van der Waals surface area (Å²) < 4.78 is 0. The molecule has 0 unspecified atom stereocenters. The number of anilines is 1. The van der Waals surface area contributed by atoms with Crippen LogP contribution >= 0.6 is 0 Å². The molecule has 0 aromatic heterocycles. The molecule has 5 rings (SSSR count). The Morgan fingerprint density at radius 1 is 1.07 bits per heavy atom. The van der Waals surface area contributed by atoms with Crippen LogP contribution in [0.3, 0.4) is 0 Å². The topological polar surface area (TPSA) is 185 Å². The maximum absolute atomic E-state index is 14.1. The minimum absolute atomic E-state index is 0.00790. The summed E-state index contributed by atoms with van der Waals surface area (Å²) in [5, 5.41) is 45.9. The lowest BCUT2D eigenvalue weighted by atomic mass is 9.57. The number of hydrogen-bond acceptors (Lipinski definition) is 10. The molecule has 0 bridgehead atoms. The summed E-state index contributed by atoms with van der Waals surface area (Å²) in [5.74, 6) is -7.19. The van der Waals surface area contributed by atoms with Crippen molar-refractivity contribution >= 4 is 34.8 Å². The van der Waals surface area contributed by atoms with Crippen LogP contribution < -0.4 is 10.6 Å². The molecule has 226 valence electrons. The zero-order valence-corrected chi connectivity index (χ0v) is 24.5. The number of amides is 2. The van der Waals surface area contributed by atoms with Crippen LogP contribution in [-0.4, -0.2) is 107 Å². The fraction of sp³-hybridized carbons (Fsp3) is 0.533. The van der Waals surface area contributed by atoms with Gasteiger partial charge in [-0.05, 0) is 63.2 Å². The third-order valence-corrected chi connectivity index (χ3v) is 9.48. The molecule has 4 aliphatic rings. The lowest BCUT2D eigenvalue weighted by Crippen LogP contribution is -2.65. The Labute approximate surface area is 243 Å². The van der Waals surface area contributed by atoms with E-state index in [0.29, 0.717) is 30.3 Å². The molecule has 0 radical (unpaired) electrons. The fourth-order valence-electron chi connectivity index (χ4n) is 7.24. The lowest BCUT2D eigenvalue weighted by molar-refractivity contribution is -0.153. The number of nitrogens with zero attached hydrogens (tertiary/aromatic N) is 3. The van der Waals surface area contributed by atoms with Gasteiger partial charge in [-0.3, -0.25) is 24.1 Å². The summed E-state index contributed by atoms with van der Waals surface area (Å²) in [6.07, 6.45) is 1.78. The van der Waals surface area contributed by atoms with Crippen molar-refractivity contribution in [2.45, 2.75) is 44.2 Å². The van der Waals surface area contributed by atoms with E-state index in [1.165, 1.54) is 4.90 Å². The Morgan fingerprint density at radius 2 is 1.69 bits per heavy atom. The van der Waals surface area contributed by atoms with Crippen LogP contribution in [-0.2, 0) is 20.8 Å². The van der Waals surface area contributed by atoms with Crippen LogP contribution in [0.1, 0.15) is 47.7 Å². The molecule has 1 saturated carbocycles. The predicted octanol–water partition coefficient (Wildman–Crippen LogP) is 0.902. The average molecular weight is 583 g/mol. The van der Waals surface area contributed by atoms with Gasteiger partial charge < -0.3 is 36.0 Å². The third kappa shape index (κ3) is 4.10. The number of likely N-dealkylation sites (tertiary alicyclic amines) is 1. The number of fused-ring (bicyclic) bond motifs is 3. The summed E-state index contributed by atoms with van der Waals surface area (Å²) >= 11 is 0. The molecule has 1 heterocycles. The highest BCUT2D eigenvalue weighted by Crippen LogP contribution is 2.54. The highest BCUT2D eigenvalue weighted by Gasteiger charge is 2.64. The van der Waals surface area contributed by atoms with Gasteiger partial charge in [-0.1, -0.05) is 6.92 Å². The molecular formula is C30H38N4O8. The molecule has 1 aromatic carbocycles. The van der Waals surface area contributed by atoms with Gasteiger partial charge in [0, 0.05) is 44.4 Å². The number of primary amides is 1. The number of aromatic hydroxyl groups is 1. The number of hydrogen-bond donors (Lipinski definition) is 5. The van der Waals surface area contributed by atoms with Gasteiger partial charge >= 0.3 is 0 Å². The molecule has 42 heavy (non-hydrogen) atoms. The summed E-state index contributed by atoms with van der Waals surface area (Å²) in [5.41, 5.74) is 2.51. The van der Waals surface area contributed by atoms with E-state index in [0.717, 1.165) is 12.8 Å². The van der Waals surface area contributed by atoms with Crippen LogP contribution in [0.2, 0.25) is 0 Å². The largest absolute Gasteiger partial charge is 0.508 e. The van der Waals surface area contributed by atoms with E-state index < -0.39 is 69.7 Å². The monoisotopic (exact) mass is 582 g/mol. The van der Waals surface area contributed by atoms with Crippen LogP contribution in [0.15, 0.2) is 23.0 Å². The molecule has 2 amide bonds.